The molecule has 0 spiro atoms. The van der Waals surface area contributed by atoms with Crippen LogP contribution in [-0.2, 0) is 14.3 Å². The van der Waals surface area contributed by atoms with Crippen molar-refractivity contribution in [3.05, 3.63) is 83.3 Å². The van der Waals surface area contributed by atoms with Gasteiger partial charge in [0.05, 0.1) is 11.5 Å². The van der Waals surface area contributed by atoms with E-state index < -0.39 is 23.8 Å². The van der Waals surface area contributed by atoms with Gasteiger partial charge in [0, 0.05) is 23.3 Å². The topological polar surface area (TPSA) is 88.9 Å². The predicted molar refractivity (Wildman–Crippen MR) is 110 cm³/mol. The summed E-state index contributed by atoms with van der Waals surface area (Å²) in [5, 5.41) is 9.77. The maximum absolute atomic E-state index is 12.9. The fourth-order valence-corrected chi connectivity index (χ4v) is 3.45. The summed E-state index contributed by atoms with van der Waals surface area (Å²) < 4.78 is 5.42. The number of carbonyl (C=O) groups excluding carboxylic acids is 1. The first-order valence-electron chi connectivity index (χ1n) is 9.27. The van der Waals surface area contributed by atoms with E-state index in [1.807, 2.05) is 36.4 Å². The van der Waals surface area contributed by atoms with Crippen LogP contribution in [0.2, 0.25) is 0 Å². The highest BCUT2D eigenvalue weighted by Gasteiger charge is 2.42. The SMILES string of the molecule is CC1=NC(C)=C(C(=O)OCC=Cc2ccccc2)C(c2ccccn2)C1C(=O)O. The number of hydrogen-bond donors (Lipinski definition) is 1. The van der Waals surface area contributed by atoms with Gasteiger partial charge in [-0.1, -0.05) is 42.5 Å². The van der Waals surface area contributed by atoms with Crippen LogP contribution in [0.15, 0.2) is 77.1 Å². The normalized spacial score (nSPS) is 19.2. The van der Waals surface area contributed by atoms with E-state index in [2.05, 4.69) is 9.98 Å². The Bertz CT molecular complexity index is 978. The maximum atomic E-state index is 12.9. The van der Waals surface area contributed by atoms with Gasteiger partial charge in [-0.2, -0.15) is 0 Å². The molecule has 1 N–H and O–H groups in total. The third kappa shape index (κ3) is 4.66. The van der Waals surface area contributed by atoms with Crippen LogP contribution in [0.25, 0.3) is 6.08 Å². The molecule has 2 heterocycles. The lowest BCUT2D eigenvalue weighted by atomic mass is 9.77. The van der Waals surface area contributed by atoms with Gasteiger partial charge in [-0.05, 0) is 37.6 Å². The molecule has 1 aliphatic rings. The molecule has 0 aliphatic carbocycles. The van der Waals surface area contributed by atoms with Crippen molar-refractivity contribution in [2.75, 3.05) is 6.61 Å². The largest absolute Gasteiger partial charge is 0.481 e. The summed E-state index contributed by atoms with van der Waals surface area (Å²) in [5.74, 6) is -3.37. The molecule has 1 aromatic carbocycles. The number of nitrogens with zero attached hydrogens (tertiary/aromatic N) is 2. The first-order valence-corrected chi connectivity index (χ1v) is 9.27. The highest BCUT2D eigenvalue weighted by molar-refractivity contribution is 6.06. The minimum atomic E-state index is -1.05. The van der Waals surface area contributed by atoms with E-state index in [4.69, 9.17) is 4.74 Å². The average molecular weight is 390 g/mol. The number of aromatic nitrogens is 1. The van der Waals surface area contributed by atoms with Crippen molar-refractivity contribution >= 4 is 23.7 Å². The summed E-state index contributed by atoms with van der Waals surface area (Å²) in [6.45, 7) is 3.41. The third-order valence-corrected chi connectivity index (χ3v) is 4.74. The molecule has 0 fully saturated rings. The minimum Gasteiger partial charge on any atom is -0.481 e. The van der Waals surface area contributed by atoms with Crippen LogP contribution in [0.5, 0.6) is 0 Å². The quantitative estimate of drug-likeness (QED) is 0.757. The first-order chi connectivity index (χ1) is 14.0. The van der Waals surface area contributed by atoms with Gasteiger partial charge in [-0.15, -0.1) is 0 Å². The van der Waals surface area contributed by atoms with Crippen molar-refractivity contribution in [1.29, 1.82) is 0 Å². The smallest absolute Gasteiger partial charge is 0.336 e. The molecule has 3 rings (SSSR count). The van der Waals surface area contributed by atoms with E-state index in [0.717, 1.165) is 5.56 Å². The van der Waals surface area contributed by atoms with Crippen molar-refractivity contribution < 1.29 is 19.4 Å². The van der Waals surface area contributed by atoms with Crippen molar-refractivity contribution in [1.82, 2.24) is 4.98 Å². The van der Waals surface area contributed by atoms with Gasteiger partial charge in [0.25, 0.3) is 0 Å². The molecular weight excluding hydrogens is 368 g/mol. The standard InChI is InChI=1S/C23H22N2O4/c1-15-19(22(26)27)21(18-12-6-7-13-24-18)20(16(2)25-15)23(28)29-14-8-11-17-9-4-3-5-10-17/h3-13,19,21H,14H2,1-2H3,(H,26,27). The number of hydrogen-bond acceptors (Lipinski definition) is 5. The molecule has 1 aliphatic heterocycles. The van der Waals surface area contributed by atoms with Gasteiger partial charge < -0.3 is 9.84 Å². The lowest BCUT2D eigenvalue weighted by molar-refractivity contribution is -0.140. The number of esters is 1. The molecule has 6 heteroatoms. The summed E-state index contributed by atoms with van der Waals surface area (Å²) in [4.78, 5) is 33.4. The molecule has 6 nitrogen and oxygen atoms in total. The van der Waals surface area contributed by atoms with Gasteiger partial charge in [-0.3, -0.25) is 14.8 Å². The molecule has 2 unspecified atom stereocenters. The molecule has 29 heavy (non-hydrogen) atoms. The van der Waals surface area contributed by atoms with Gasteiger partial charge >= 0.3 is 11.9 Å². The number of aliphatic imine (C=N–C) groups is 1. The van der Waals surface area contributed by atoms with Crippen LogP contribution in [0, 0.1) is 5.92 Å². The van der Waals surface area contributed by atoms with Crippen LogP contribution < -0.4 is 0 Å². The Kier molecular flexibility index (Phi) is 6.34. The summed E-state index contributed by atoms with van der Waals surface area (Å²) in [5.41, 5.74) is 2.61. The fraction of sp³-hybridized carbons (Fsp3) is 0.217. The minimum absolute atomic E-state index is 0.0693. The Labute approximate surface area is 169 Å². The Morgan fingerprint density at radius 1 is 1.10 bits per heavy atom. The molecule has 0 saturated carbocycles. The molecule has 2 atom stereocenters. The Morgan fingerprint density at radius 2 is 1.83 bits per heavy atom. The number of benzene rings is 1. The number of ether oxygens (including phenoxy) is 1. The third-order valence-electron chi connectivity index (χ3n) is 4.74. The lowest BCUT2D eigenvalue weighted by Crippen LogP contribution is -2.35. The van der Waals surface area contributed by atoms with E-state index in [0.29, 0.717) is 17.1 Å². The number of pyridine rings is 1. The predicted octanol–water partition coefficient (Wildman–Crippen LogP) is 3.87. The van der Waals surface area contributed by atoms with E-state index in [1.165, 1.54) is 0 Å². The van der Waals surface area contributed by atoms with Crippen molar-refractivity contribution in [3.63, 3.8) is 0 Å². The molecule has 1 aromatic heterocycles. The van der Waals surface area contributed by atoms with Crippen LogP contribution in [0.1, 0.15) is 31.0 Å². The molecular formula is C23H22N2O4. The number of allylic oxidation sites excluding steroid dienone is 1. The van der Waals surface area contributed by atoms with Gasteiger partial charge in [0.2, 0.25) is 0 Å². The second-order valence-electron chi connectivity index (χ2n) is 6.71. The molecule has 148 valence electrons. The zero-order valence-electron chi connectivity index (χ0n) is 16.3. The number of carboxylic acids is 1. The monoisotopic (exact) mass is 390 g/mol. The fourth-order valence-electron chi connectivity index (χ4n) is 3.45. The molecule has 0 bridgehead atoms. The van der Waals surface area contributed by atoms with Crippen molar-refractivity contribution in [3.8, 4) is 0 Å². The summed E-state index contributed by atoms with van der Waals surface area (Å²) >= 11 is 0. The summed E-state index contributed by atoms with van der Waals surface area (Å²) in [6, 6.07) is 14.9. The highest BCUT2D eigenvalue weighted by Crippen LogP contribution is 2.38. The van der Waals surface area contributed by atoms with Crippen molar-refractivity contribution in [2.45, 2.75) is 19.8 Å². The Hall–Kier alpha value is -3.54. The van der Waals surface area contributed by atoms with Crippen molar-refractivity contribution in [2.24, 2.45) is 10.9 Å². The van der Waals surface area contributed by atoms with Crippen LogP contribution >= 0.6 is 0 Å². The number of rotatable bonds is 6. The molecule has 0 radical (unpaired) electrons. The zero-order chi connectivity index (χ0) is 20.8. The van der Waals surface area contributed by atoms with E-state index in [9.17, 15) is 14.7 Å². The second kappa shape index (κ2) is 9.10. The zero-order valence-corrected chi connectivity index (χ0v) is 16.3. The van der Waals surface area contributed by atoms with Crippen LogP contribution in [0.4, 0.5) is 0 Å². The van der Waals surface area contributed by atoms with Crippen LogP contribution in [0.3, 0.4) is 0 Å². The summed E-state index contributed by atoms with van der Waals surface area (Å²) in [7, 11) is 0. The summed E-state index contributed by atoms with van der Waals surface area (Å²) in [6.07, 6.45) is 5.18. The van der Waals surface area contributed by atoms with Gasteiger partial charge in [-0.25, -0.2) is 4.79 Å². The average Bonchev–Trinajstić information content (AvgIpc) is 2.71. The number of carbonyl (C=O) groups is 2. The highest BCUT2D eigenvalue weighted by atomic mass is 16.5. The molecule has 2 aromatic rings. The second-order valence-corrected chi connectivity index (χ2v) is 6.71. The van der Waals surface area contributed by atoms with E-state index in [-0.39, 0.29) is 12.2 Å². The molecule has 0 amide bonds. The van der Waals surface area contributed by atoms with Gasteiger partial charge in [0.1, 0.15) is 12.5 Å². The maximum Gasteiger partial charge on any atom is 0.336 e. The van der Waals surface area contributed by atoms with E-state index in [1.54, 1.807) is 44.3 Å². The van der Waals surface area contributed by atoms with Crippen LogP contribution in [-0.4, -0.2) is 34.3 Å². The first kappa shape index (κ1) is 20.2. The Balaban J connectivity index is 1.85. The number of carboxylic acid groups (broad SMARTS) is 1. The van der Waals surface area contributed by atoms with Gasteiger partial charge in [0.15, 0.2) is 0 Å². The Morgan fingerprint density at radius 3 is 2.48 bits per heavy atom. The number of aliphatic carboxylic acids is 1. The van der Waals surface area contributed by atoms with E-state index >= 15 is 0 Å². The lowest BCUT2D eigenvalue weighted by Gasteiger charge is -2.29. The molecule has 0 saturated heterocycles.